The van der Waals surface area contributed by atoms with Gasteiger partial charge in [-0.3, -0.25) is 4.79 Å². The van der Waals surface area contributed by atoms with Crippen molar-refractivity contribution in [3.63, 3.8) is 0 Å². The molecule has 3 nitrogen and oxygen atoms in total. The second-order valence-electron chi connectivity index (χ2n) is 4.57. The molecule has 0 atom stereocenters. The highest BCUT2D eigenvalue weighted by Crippen LogP contribution is 2.26. The highest BCUT2D eigenvalue weighted by molar-refractivity contribution is 6.08. The summed E-state index contributed by atoms with van der Waals surface area (Å²) in [4.78, 5) is 14.0. The molecule has 0 bridgehead atoms. The minimum Gasteiger partial charge on any atom is -0.396 e. The Kier molecular flexibility index (Phi) is 2.71. The third kappa shape index (κ3) is 1.95. The van der Waals surface area contributed by atoms with Crippen LogP contribution in [0.25, 0.3) is 0 Å². The number of nitrogens with two attached hydrogens (primary N) is 1. The van der Waals surface area contributed by atoms with E-state index in [0.717, 1.165) is 12.0 Å². The fraction of sp³-hybridized carbons (Fsp3) is 0.133. The molecule has 96 valence electrons. The van der Waals surface area contributed by atoms with Crippen LogP contribution in [0.2, 0.25) is 0 Å². The Hall–Kier alpha value is -2.36. The van der Waals surface area contributed by atoms with Crippen LogP contribution in [-0.4, -0.2) is 12.5 Å². The summed E-state index contributed by atoms with van der Waals surface area (Å²) < 4.78 is 13.5. The largest absolute Gasteiger partial charge is 0.396 e. The minimum atomic E-state index is -0.496. The lowest BCUT2D eigenvalue weighted by molar-refractivity contribution is 0.0980. The van der Waals surface area contributed by atoms with Gasteiger partial charge in [-0.05, 0) is 36.2 Å². The van der Waals surface area contributed by atoms with E-state index in [4.69, 9.17) is 5.73 Å². The summed E-state index contributed by atoms with van der Waals surface area (Å²) in [5.74, 6) is -0.588. The molecule has 2 N–H and O–H groups in total. The molecule has 0 aromatic heterocycles. The van der Waals surface area contributed by atoms with E-state index in [-0.39, 0.29) is 11.6 Å². The Bertz CT molecular complexity index is 654. The van der Waals surface area contributed by atoms with E-state index in [2.05, 4.69) is 0 Å². The Morgan fingerprint density at radius 1 is 1.16 bits per heavy atom. The maximum absolute atomic E-state index is 13.5. The van der Waals surface area contributed by atoms with Gasteiger partial charge < -0.3 is 10.6 Å². The molecule has 3 rings (SSSR count). The number of benzene rings is 2. The van der Waals surface area contributed by atoms with Gasteiger partial charge in [-0.2, -0.15) is 0 Å². The van der Waals surface area contributed by atoms with Gasteiger partial charge in [-0.1, -0.05) is 18.2 Å². The van der Waals surface area contributed by atoms with Gasteiger partial charge in [0.2, 0.25) is 0 Å². The number of fused-ring (bicyclic) bond motifs is 1. The van der Waals surface area contributed by atoms with E-state index in [1.165, 1.54) is 12.1 Å². The monoisotopic (exact) mass is 256 g/mol. The number of hydrogen-bond acceptors (Lipinski definition) is 2. The molecule has 0 saturated carbocycles. The summed E-state index contributed by atoms with van der Waals surface area (Å²) in [6.07, 6.45) is 0.772. The molecule has 2 aromatic carbocycles. The second-order valence-corrected chi connectivity index (χ2v) is 4.57. The van der Waals surface area contributed by atoms with Crippen LogP contribution in [0.4, 0.5) is 15.8 Å². The van der Waals surface area contributed by atoms with Crippen molar-refractivity contribution in [2.45, 2.75) is 6.42 Å². The van der Waals surface area contributed by atoms with Crippen LogP contribution in [-0.2, 0) is 6.42 Å². The van der Waals surface area contributed by atoms with Crippen LogP contribution in [0.3, 0.4) is 0 Å². The Morgan fingerprint density at radius 2 is 1.95 bits per heavy atom. The van der Waals surface area contributed by atoms with Crippen molar-refractivity contribution in [3.8, 4) is 0 Å². The second kappa shape index (κ2) is 4.39. The average Bonchev–Trinajstić information content (AvgIpc) is 2.43. The first-order valence-corrected chi connectivity index (χ1v) is 6.11. The van der Waals surface area contributed by atoms with Crippen molar-refractivity contribution < 1.29 is 9.18 Å². The topological polar surface area (TPSA) is 46.3 Å². The van der Waals surface area contributed by atoms with Crippen LogP contribution >= 0.6 is 0 Å². The fourth-order valence-corrected chi connectivity index (χ4v) is 2.36. The van der Waals surface area contributed by atoms with Gasteiger partial charge in [0.25, 0.3) is 5.91 Å². The van der Waals surface area contributed by atoms with Gasteiger partial charge in [-0.15, -0.1) is 0 Å². The zero-order chi connectivity index (χ0) is 13.4. The van der Waals surface area contributed by atoms with Crippen molar-refractivity contribution in [1.29, 1.82) is 0 Å². The molecule has 0 radical (unpaired) electrons. The first-order chi connectivity index (χ1) is 9.16. The average molecular weight is 256 g/mol. The molecular weight excluding hydrogens is 243 g/mol. The lowest BCUT2D eigenvalue weighted by atomic mass is 9.98. The van der Waals surface area contributed by atoms with Gasteiger partial charge >= 0.3 is 0 Å². The molecule has 0 aliphatic carbocycles. The SMILES string of the molecule is Nc1ccc(N2CCc3ccccc3C2=O)cc1F. The van der Waals surface area contributed by atoms with Crippen molar-refractivity contribution in [2.24, 2.45) is 0 Å². The molecule has 1 amide bonds. The maximum atomic E-state index is 13.5. The van der Waals surface area contributed by atoms with Gasteiger partial charge in [0.15, 0.2) is 0 Å². The van der Waals surface area contributed by atoms with Crippen molar-refractivity contribution >= 4 is 17.3 Å². The molecular formula is C15H13FN2O. The van der Waals surface area contributed by atoms with E-state index in [0.29, 0.717) is 17.8 Å². The molecule has 1 aliphatic rings. The predicted octanol–water partition coefficient (Wildman–Crippen LogP) is 2.61. The Labute approximate surface area is 110 Å². The summed E-state index contributed by atoms with van der Waals surface area (Å²) >= 11 is 0. The fourth-order valence-electron chi connectivity index (χ4n) is 2.36. The van der Waals surface area contributed by atoms with Crippen LogP contribution in [0.15, 0.2) is 42.5 Å². The number of halogens is 1. The van der Waals surface area contributed by atoms with Crippen molar-refractivity contribution in [2.75, 3.05) is 17.2 Å². The molecule has 0 saturated heterocycles. The number of hydrogen-bond donors (Lipinski definition) is 1. The maximum Gasteiger partial charge on any atom is 0.258 e. The van der Waals surface area contributed by atoms with Crippen LogP contribution in [0.5, 0.6) is 0 Å². The van der Waals surface area contributed by atoms with E-state index < -0.39 is 5.82 Å². The van der Waals surface area contributed by atoms with Crippen molar-refractivity contribution in [3.05, 3.63) is 59.4 Å². The quantitative estimate of drug-likeness (QED) is 0.797. The molecule has 4 heteroatoms. The number of nitrogen functional groups attached to an aromatic ring is 1. The third-order valence-corrected chi connectivity index (χ3v) is 3.39. The highest BCUT2D eigenvalue weighted by atomic mass is 19.1. The Balaban J connectivity index is 2.00. The normalized spacial score (nSPS) is 14.4. The molecule has 1 aliphatic heterocycles. The smallest absolute Gasteiger partial charge is 0.258 e. The first-order valence-electron chi connectivity index (χ1n) is 6.11. The van der Waals surface area contributed by atoms with Crippen LogP contribution in [0, 0.1) is 5.82 Å². The number of rotatable bonds is 1. The van der Waals surface area contributed by atoms with Crippen LogP contribution in [0.1, 0.15) is 15.9 Å². The van der Waals surface area contributed by atoms with Gasteiger partial charge in [0, 0.05) is 17.8 Å². The standard InChI is InChI=1S/C15H13FN2O/c16-13-9-11(5-6-14(13)17)18-8-7-10-3-1-2-4-12(10)15(18)19/h1-6,9H,7-8,17H2. The number of carbonyl (C=O) groups excluding carboxylic acids is 1. The molecule has 1 heterocycles. The summed E-state index contributed by atoms with van der Waals surface area (Å²) in [6, 6.07) is 12.0. The number of amides is 1. The van der Waals surface area contributed by atoms with Crippen molar-refractivity contribution in [1.82, 2.24) is 0 Å². The van der Waals surface area contributed by atoms with E-state index >= 15 is 0 Å². The van der Waals surface area contributed by atoms with Crippen LogP contribution < -0.4 is 10.6 Å². The summed E-state index contributed by atoms with van der Waals surface area (Å²) in [5, 5.41) is 0. The highest BCUT2D eigenvalue weighted by Gasteiger charge is 2.25. The minimum absolute atomic E-state index is 0.0913. The third-order valence-electron chi connectivity index (χ3n) is 3.39. The summed E-state index contributed by atoms with van der Waals surface area (Å²) in [6.45, 7) is 0.555. The molecule has 0 fully saturated rings. The first kappa shape index (κ1) is 11.7. The summed E-state index contributed by atoms with van der Waals surface area (Å²) in [7, 11) is 0. The zero-order valence-corrected chi connectivity index (χ0v) is 10.3. The van der Waals surface area contributed by atoms with Gasteiger partial charge in [-0.25, -0.2) is 4.39 Å². The molecule has 2 aromatic rings. The van der Waals surface area contributed by atoms with E-state index in [1.54, 1.807) is 17.0 Å². The van der Waals surface area contributed by atoms with E-state index in [9.17, 15) is 9.18 Å². The molecule has 19 heavy (non-hydrogen) atoms. The number of nitrogens with zero attached hydrogens (tertiary/aromatic N) is 1. The Morgan fingerprint density at radius 3 is 2.74 bits per heavy atom. The molecule has 0 spiro atoms. The van der Waals surface area contributed by atoms with Gasteiger partial charge in [0.05, 0.1) is 5.69 Å². The van der Waals surface area contributed by atoms with E-state index in [1.807, 2.05) is 18.2 Å². The lowest BCUT2D eigenvalue weighted by Crippen LogP contribution is -2.37. The zero-order valence-electron chi connectivity index (χ0n) is 10.3. The predicted molar refractivity (Wildman–Crippen MR) is 72.6 cm³/mol. The number of carbonyl (C=O) groups is 1. The summed E-state index contributed by atoms with van der Waals surface area (Å²) in [5.41, 5.74) is 7.82. The van der Waals surface area contributed by atoms with Gasteiger partial charge in [0.1, 0.15) is 5.82 Å². The number of anilines is 2. The lowest BCUT2D eigenvalue weighted by Gasteiger charge is -2.28. The molecule has 0 unspecified atom stereocenters.